The molecule has 0 aliphatic rings. The van der Waals surface area contributed by atoms with Gasteiger partial charge in [-0.05, 0) is 12.8 Å². The molecule has 0 aliphatic heterocycles. The third-order valence-corrected chi connectivity index (χ3v) is 4.40. The molecule has 0 spiro atoms. The summed E-state index contributed by atoms with van der Waals surface area (Å²) in [4.78, 5) is 12.0. The summed E-state index contributed by atoms with van der Waals surface area (Å²) in [7, 11) is -1.53. The Morgan fingerprint density at radius 2 is 1.77 bits per heavy atom. The average Bonchev–Trinajstić information content (AvgIpc) is 2.04. The van der Waals surface area contributed by atoms with Gasteiger partial charge < -0.3 is 4.79 Å². The lowest BCUT2D eigenvalue weighted by atomic mass is 10.0. The zero-order valence-electron chi connectivity index (χ0n) is 9.81. The van der Waals surface area contributed by atoms with Crippen LogP contribution in [0.25, 0.3) is 0 Å². The Balaban J connectivity index is 4.16. The molecular formula is C11H24OSi. The standard InChI is InChI=1S/C11H24OSi/c1-6-8-9-10(7-2)11(12)13(3,4)5/h10H,6-9H2,1-5H3. The van der Waals surface area contributed by atoms with Crippen LogP contribution in [0.15, 0.2) is 0 Å². The quantitative estimate of drug-likeness (QED) is 0.598. The maximum absolute atomic E-state index is 12.0. The van der Waals surface area contributed by atoms with E-state index in [1.54, 1.807) is 0 Å². The van der Waals surface area contributed by atoms with Gasteiger partial charge in [-0.25, -0.2) is 0 Å². The Morgan fingerprint density at radius 1 is 1.23 bits per heavy atom. The van der Waals surface area contributed by atoms with Crippen molar-refractivity contribution in [3.63, 3.8) is 0 Å². The third kappa shape index (κ3) is 4.60. The van der Waals surface area contributed by atoms with Crippen LogP contribution in [0.4, 0.5) is 0 Å². The molecule has 1 atom stereocenters. The molecule has 0 aromatic carbocycles. The van der Waals surface area contributed by atoms with E-state index in [2.05, 4.69) is 33.5 Å². The van der Waals surface area contributed by atoms with Crippen LogP contribution >= 0.6 is 0 Å². The highest BCUT2D eigenvalue weighted by Gasteiger charge is 2.29. The fraction of sp³-hybridized carbons (Fsp3) is 0.909. The van der Waals surface area contributed by atoms with Crippen molar-refractivity contribution >= 4 is 13.5 Å². The number of hydrogen-bond acceptors (Lipinski definition) is 1. The fourth-order valence-corrected chi connectivity index (χ4v) is 3.16. The Bertz CT molecular complexity index is 158. The van der Waals surface area contributed by atoms with Gasteiger partial charge in [0.1, 0.15) is 13.5 Å². The zero-order chi connectivity index (χ0) is 10.5. The van der Waals surface area contributed by atoms with Gasteiger partial charge in [0.25, 0.3) is 0 Å². The fourth-order valence-electron chi connectivity index (χ4n) is 1.58. The van der Waals surface area contributed by atoms with E-state index in [0.717, 1.165) is 12.8 Å². The first kappa shape index (κ1) is 12.9. The van der Waals surface area contributed by atoms with E-state index in [9.17, 15) is 4.79 Å². The lowest BCUT2D eigenvalue weighted by molar-refractivity contribution is -0.116. The summed E-state index contributed by atoms with van der Waals surface area (Å²) in [6.07, 6.45) is 4.55. The second-order valence-corrected chi connectivity index (χ2v) is 9.85. The predicted molar refractivity (Wildman–Crippen MR) is 61.7 cm³/mol. The zero-order valence-corrected chi connectivity index (χ0v) is 10.8. The van der Waals surface area contributed by atoms with Crippen molar-refractivity contribution in [1.82, 2.24) is 0 Å². The van der Waals surface area contributed by atoms with Gasteiger partial charge in [-0.2, -0.15) is 0 Å². The van der Waals surface area contributed by atoms with Crippen molar-refractivity contribution in [2.45, 2.75) is 59.2 Å². The number of carbonyl (C=O) groups excluding carboxylic acids is 1. The monoisotopic (exact) mass is 200 g/mol. The number of rotatable bonds is 6. The highest BCUT2D eigenvalue weighted by atomic mass is 28.3. The van der Waals surface area contributed by atoms with Crippen molar-refractivity contribution in [3.05, 3.63) is 0 Å². The van der Waals surface area contributed by atoms with Crippen molar-refractivity contribution in [2.24, 2.45) is 5.92 Å². The minimum atomic E-state index is -1.53. The number of hydrogen-bond donors (Lipinski definition) is 0. The Labute approximate surface area is 83.9 Å². The molecule has 0 heterocycles. The van der Waals surface area contributed by atoms with Gasteiger partial charge in [0, 0.05) is 5.92 Å². The second kappa shape index (κ2) is 5.58. The first-order chi connectivity index (χ1) is 5.93. The minimum Gasteiger partial charge on any atom is -0.305 e. The van der Waals surface area contributed by atoms with E-state index in [4.69, 9.17) is 0 Å². The van der Waals surface area contributed by atoms with Crippen LogP contribution in [0.5, 0.6) is 0 Å². The maximum Gasteiger partial charge on any atom is 0.124 e. The molecular weight excluding hydrogens is 176 g/mol. The van der Waals surface area contributed by atoms with Crippen molar-refractivity contribution in [2.75, 3.05) is 0 Å². The van der Waals surface area contributed by atoms with Crippen LogP contribution < -0.4 is 0 Å². The van der Waals surface area contributed by atoms with E-state index in [1.165, 1.54) is 12.8 Å². The van der Waals surface area contributed by atoms with Crippen LogP contribution in [0.3, 0.4) is 0 Å². The molecule has 0 aliphatic carbocycles. The van der Waals surface area contributed by atoms with Crippen molar-refractivity contribution in [3.8, 4) is 0 Å². The highest BCUT2D eigenvalue weighted by Crippen LogP contribution is 2.19. The highest BCUT2D eigenvalue weighted by molar-refractivity contribution is 7.03. The molecule has 13 heavy (non-hydrogen) atoms. The Morgan fingerprint density at radius 3 is 2.08 bits per heavy atom. The molecule has 1 nitrogen and oxygen atoms in total. The molecule has 0 saturated carbocycles. The van der Waals surface area contributed by atoms with Crippen LogP contribution in [-0.4, -0.2) is 13.5 Å². The summed E-state index contributed by atoms with van der Waals surface area (Å²) >= 11 is 0. The van der Waals surface area contributed by atoms with Crippen LogP contribution in [0, 0.1) is 5.92 Å². The van der Waals surface area contributed by atoms with E-state index >= 15 is 0 Å². The normalized spacial score (nSPS) is 14.2. The van der Waals surface area contributed by atoms with Crippen molar-refractivity contribution in [1.29, 1.82) is 0 Å². The molecule has 0 radical (unpaired) electrons. The molecule has 0 rings (SSSR count). The SMILES string of the molecule is CCCCC(CC)C(=O)[Si](C)(C)C. The lowest BCUT2D eigenvalue weighted by Crippen LogP contribution is -2.38. The summed E-state index contributed by atoms with van der Waals surface area (Å²) in [5, 5.41) is 0.573. The largest absolute Gasteiger partial charge is 0.305 e. The Kier molecular flexibility index (Phi) is 5.53. The predicted octanol–water partition coefficient (Wildman–Crippen LogP) is 3.65. The summed E-state index contributed by atoms with van der Waals surface area (Å²) in [5.41, 5.74) is 0. The van der Waals surface area contributed by atoms with Crippen LogP contribution in [-0.2, 0) is 4.79 Å². The molecule has 0 aromatic rings. The van der Waals surface area contributed by atoms with E-state index < -0.39 is 8.07 Å². The molecule has 0 aromatic heterocycles. The van der Waals surface area contributed by atoms with Gasteiger partial charge in [0.2, 0.25) is 0 Å². The molecule has 1 unspecified atom stereocenters. The molecule has 0 N–H and O–H groups in total. The van der Waals surface area contributed by atoms with E-state index in [0.29, 0.717) is 11.3 Å². The molecule has 0 saturated heterocycles. The molecule has 0 fully saturated rings. The molecule has 0 bridgehead atoms. The number of unbranched alkanes of at least 4 members (excludes halogenated alkanes) is 1. The first-order valence-corrected chi connectivity index (χ1v) is 8.97. The minimum absolute atomic E-state index is 0.353. The second-order valence-electron chi connectivity index (χ2n) is 4.86. The van der Waals surface area contributed by atoms with Gasteiger partial charge in [-0.1, -0.05) is 46.3 Å². The molecule has 78 valence electrons. The first-order valence-electron chi connectivity index (χ1n) is 5.47. The van der Waals surface area contributed by atoms with E-state index in [1.807, 2.05) is 0 Å². The summed E-state index contributed by atoms with van der Waals surface area (Å²) < 4.78 is 0. The van der Waals surface area contributed by atoms with Gasteiger partial charge in [-0.15, -0.1) is 0 Å². The summed E-state index contributed by atoms with van der Waals surface area (Å²) in [6, 6.07) is 0. The summed E-state index contributed by atoms with van der Waals surface area (Å²) in [6.45, 7) is 10.8. The maximum atomic E-state index is 12.0. The van der Waals surface area contributed by atoms with Gasteiger partial charge in [-0.3, -0.25) is 0 Å². The van der Waals surface area contributed by atoms with Crippen LogP contribution in [0.2, 0.25) is 19.6 Å². The lowest BCUT2D eigenvalue weighted by Gasteiger charge is -2.21. The Hall–Kier alpha value is -0.113. The summed E-state index contributed by atoms with van der Waals surface area (Å²) in [5.74, 6) is 0.353. The van der Waals surface area contributed by atoms with Gasteiger partial charge in [0.05, 0.1) is 0 Å². The van der Waals surface area contributed by atoms with Gasteiger partial charge in [0.15, 0.2) is 0 Å². The molecule has 0 amide bonds. The average molecular weight is 200 g/mol. The molecule has 2 heteroatoms. The smallest absolute Gasteiger partial charge is 0.124 e. The number of carbonyl (C=O) groups is 1. The van der Waals surface area contributed by atoms with Crippen LogP contribution in [0.1, 0.15) is 39.5 Å². The van der Waals surface area contributed by atoms with Gasteiger partial charge >= 0.3 is 0 Å². The van der Waals surface area contributed by atoms with Crippen molar-refractivity contribution < 1.29 is 4.79 Å². The third-order valence-electron chi connectivity index (χ3n) is 2.51. The topological polar surface area (TPSA) is 17.1 Å². The van der Waals surface area contributed by atoms with E-state index in [-0.39, 0.29) is 0 Å².